The second-order valence-corrected chi connectivity index (χ2v) is 7.68. The van der Waals surface area contributed by atoms with Gasteiger partial charge in [-0.2, -0.15) is 0 Å². The number of imidazole rings is 1. The molecule has 0 spiro atoms. The summed E-state index contributed by atoms with van der Waals surface area (Å²) in [5, 5.41) is 2.02. The van der Waals surface area contributed by atoms with Crippen LogP contribution in [0.25, 0.3) is 11.3 Å². The van der Waals surface area contributed by atoms with E-state index in [2.05, 4.69) is 14.5 Å². The van der Waals surface area contributed by atoms with Crippen molar-refractivity contribution >= 4 is 17.0 Å². The molecule has 2 aromatic heterocycles. The lowest BCUT2D eigenvalue weighted by atomic mass is 10.1. The van der Waals surface area contributed by atoms with E-state index >= 15 is 0 Å². The Balaban J connectivity index is 1.78. The number of hydrogen-bond donors (Lipinski definition) is 0. The Kier molecular flexibility index (Phi) is 6.47. The molecule has 0 atom stereocenters. The molecule has 0 aliphatic rings. The van der Waals surface area contributed by atoms with Gasteiger partial charge in [-0.05, 0) is 36.8 Å². The molecule has 0 unspecified atom stereocenters. The fourth-order valence-corrected chi connectivity index (χ4v) is 4.28. The van der Waals surface area contributed by atoms with Gasteiger partial charge in [-0.1, -0.05) is 12.1 Å². The monoisotopic (exact) mass is 438 g/mol. The summed E-state index contributed by atoms with van der Waals surface area (Å²) in [5.41, 5.74) is 2.16. The minimum atomic E-state index is -0.346. The Labute approximate surface area is 183 Å². The van der Waals surface area contributed by atoms with Gasteiger partial charge in [0.15, 0.2) is 4.80 Å². The smallest absolute Gasteiger partial charge is 0.190 e. The maximum absolute atomic E-state index is 14.2. The third-order valence-corrected chi connectivity index (χ3v) is 5.77. The highest BCUT2D eigenvalue weighted by Crippen LogP contribution is 2.34. The van der Waals surface area contributed by atoms with E-state index in [0.29, 0.717) is 12.2 Å². The van der Waals surface area contributed by atoms with E-state index in [1.165, 1.54) is 17.4 Å². The Morgan fingerprint density at radius 2 is 1.97 bits per heavy atom. The van der Waals surface area contributed by atoms with E-state index in [1.54, 1.807) is 44.9 Å². The average Bonchev–Trinajstić information content (AvgIpc) is 3.45. The normalized spacial score (nSPS) is 11.6. The lowest BCUT2D eigenvalue weighted by Gasteiger charge is -2.14. The van der Waals surface area contributed by atoms with Crippen molar-refractivity contribution in [3.63, 3.8) is 0 Å². The molecule has 160 valence electrons. The highest BCUT2D eigenvalue weighted by molar-refractivity contribution is 7.07. The minimum Gasteiger partial charge on any atom is -0.497 e. The largest absolute Gasteiger partial charge is 0.497 e. The molecular weight excluding hydrogens is 415 g/mol. The van der Waals surface area contributed by atoms with Crippen molar-refractivity contribution in [1.82, 2.24) is 14.1 Å². The van der Waals surface area contributed by atoms with Crippen LogP contribution in [0.1, 0.15) is 6.42 Å². The average molecular weight is 439 g/mol. The van der Waals surface area contributed by atoms with Gasteiger partial charge in [0.05, 0.1) is 26.2 Å². The number of nitrogens with zero attached hydrogens (tertiary/aromatic N) is 4. The van der Waals surface area contributed by atoms with E-state index in [0.717, 1.165) is 40.5 Å². The van der Waals surface area contributed by atoms with E-state index in [9.17, 15) is 4.39 Å². The molecule has 0 aliphatic carbocycles. The first-order valence-electron chi connectivity index (χ1n) is 9.85. The number of ether oxygens (including phenoxy) is 2. The van der Waals surface area contributed by atoms with Gasteiger partial charge in [0.1, 0.15) is 23.0 Å². The third-order valence-electron chi connectivity index (χ3n) is 4.91. The number of thiazole rings is 1. The van der Waals surface area contributed by atoms with Crippen molar-refractivity contribution in [3.8, 4) is 22.8 Å². The van der Waals surface area contributed by atoms with Crippen LogP contribution in [0.15, 0.2) is 71.6 Å². The molecule has 2 aromatic carbocycles. The maximum atomic E-state index is 14.2. The van der Waals surface area contributed by atoms with Crippen molar-refractivity contribution in [2.75, 3.05) is 14.2 Å². The zero-order chi connectivity index (χ0) is 21.6. The van der Waals surface area contributed by atoms with Crippen LogP contribution >= 0.6 is 11.3 Å². The highest BCUT2D eigenvalue weighted by atomic mass is 32.1. The van der Waals surface area contributed by atoms with Gasteiger partial charge >= 0.3 is 0 Å². The second kappa shape index (κ2) is 9.61. The Morgan fingerprint density at radius 1 is 1.10 bits per heavy atom. The van der Waals surface area contributed by atoms with Crippen LogP contribution < -0.4 is 14.3 Å². The summed E-state index contributed by atoms with van der Waals surface area (Å²) in [4.78, 5) is 9.43. The SMILES string of the molecule is COc1ccc(OC)c(-c2csc(=Nc3ccccc3F)n2CCCn2ccnc2)c1. The van der Waals surface area contributed by atoms with Crippen LogP contribution in [0, 0.1) is 5.82 Å². The number of benzene rings is 2. The van der Waals surface area contributed by atoms with Crippen LogP contribution in [-0.4, -0.2) is 28.3 Å². The molecule has 0 N–H and O–H groups in total. The number of hydrogen-bond acceptors (Lipinski definition) is 5. The number of para-hydroxylation sites is 1. The van der Waals surface area contributed by atoms with Gasteiger partial charge in [-0.3, -0.25) is 0 Å². The van der Waals surface area contributed by atoms with E-state index in [1.807, 2.05) is 34.3 Å². The first-order valence-corrected chi connectivity index (χ1v) is 10.7. The van der Waals surface area contributed by atoms with Crippen LogP contribution in [0.5, 0.6) is 11.5 Å². The number of aryl methyl sites for hydroxylation is 1. The van der Waals surface area contributed by atoms with E-state index < -0.39 is 0 Å². The Morgan fingerprint density at radius 3 is 2.71 bits per heavy atom. The predicted octanol–water partition coefficient (Wildman–Crippen LogP) is 4.89. The number of aromatic nitrogens is 3. The molecule has 31 heavy (non-hydrogen) atoms. The summed E-state index contributed by atoms with van der Waals surface area (Å²) in [6, 6.07) is 12.2. The molecule has 0 saturated heterocycles. The quantitative estimate of drug-likeness (QED) is 0.394. The summed E-state index contributed by atoms with van der Waals surface area (Å²) in [5.74, 6) is 1.13. The number of methoxy groups -OCH3 is 2. The highest BCUT2D eigenvalue weighted by Gasteiger charge is 2.14. The van der Waals surface area contributed by atoms with E-state index in [-0.39, 0.29) is 5.82 Å². The second-order valence-electron chi connectivity index (χ2n) is 6.84. The topological polar surface area (TPSA) is 53.6 Å². The Hall–Kier alpha value is -3.39. The molecule has 6 nitrogen and oxygen atoms in total. The molecule has 0 saturated carbocycles. The summed E-state index contributed by atoms with van der Waals surface area (Å²) in [7, 11) is 3.28. The zero-order valence-corrected chi connectivity index (χ0v) is 18.2. The first-order chi connectivity index (χ1) is 15.2. The summed E-state index contributed by atoms with van der Waals surface area (Å²) in [6.45, 7) is 1.52. The van der Waals surface area contributed by atoms with Crippen molar-refractivity contribution in [3.05, 3.63) is 77.2 Å². The summed E-state index contributed by atoms with van der Waals surface area (Å²) in [6.07, 6.45) is 6.36. The standard InChI is InChI=1S/C23H23FN4O2S/c1-29-17-8-9-22(30-2)18(14-17)21-15-31-23(26-20-7-4-3-6-19(20)24)28(21)12-5-11-27-13-10-25-16-27/h3-4,6-10,13-16H,5,11-12H2,1-2H3. The first kappa shape index (κ1) is 20.9. The molecule has 4 aromatic rings. The van der Waals surface area contributed by atoms with Gasteiger partial charge in [0.25, 0.3) is 0 Å². The molecule has 2 heterocycles. The van der Waals surface area contributed by atoms with Gasteiger partial charge in [0.2, 0.25) is 0 Å². The zero-order valence-electron chi connectivity index (χ0n) is 17.4. The predicted molar refractivity (Wildman–Crippen MR) is 119 cm³/mol. The molecule has 0 fully saturated rings. The number of halogens is 1. The molecule has 8 heteroatoms. The van der Waals surface area contributed by atoms with Crippen molar-refractivity contribution in [1.29, 1.82) is 0 Å². The summed E-state index contributed by atoms with van der Waals surface area (Å²) < 4.78 is 29.4. The van der Waals surface area contributed by atoms with Crippen molar-refractivity contribution < 1.29 is 13.9 Å². The van der Waals surface area contributed by atoms with Crippen molar-refractivity contribution in [2.24, 2.45) is 4.99 Å². The molecule has 0 radical (unpaired) electrons. The van der Waals surface area contributed by atoms with Crippen LogP contribution in [0.4, 0.5) is 10.1 Å². The van der Waals surface area contributed by atoms with Gasteiger partial charge in [-0.25, -0.2) is 14.4 Å². The number of rotatable bonds is 8. The molecule has 0 amide bonds. The fourth-order valence-electron chi connectivity index (χ4n) is 3.34. The van der Waals surface area contributed by atoms with Crippen molar-refractivity contribution in [2.45, 2.75) is 19.5 Å². The maximum Gasteiger partial charge on any atom is 0.190 e. The van der Waals surface area contributed by atoms with Crippen LogP contribution in [0.3, 0.4) is 0 Å². The Bertz CT molecular complexity index is 1210. The van der Waals surface area contributed by atoms with Gasteiger partial charge < -0.3 is 18.6 Å². The van der Waals surface area contributed by atoms with Gasteiger partial charge in [-0.15, -0.1) is 11.3 Å². The van der Waals surface area contributed by atoms with Gasteiger partial charge in [0, 0.05) is 36.4 Å². The summed E-state index contributed by atoms with van der Waals surface area (Å²) >= 11 is 1.47. The molecule has 0 bridgehead atoms. The molecular formula is C23H23FN4O2S. The lowest BCUT2D eigenvalue weighted by Crippen LogP contribution is -2.17. The molecule has 4 rings (SSSR count). The molecule has 0 aliphatic heterocycles. The van der Waals surface area contributed by atoms with Crippen LogP contribution in [-0.2, 0) is 13.1 Å². The minimum absolute atomic E-state index is 0.317. The third kappa shape index (κ3) is 4.69. The van der Waals surface area contributed by atoms with Crippen LogP contribution in [0.2, 0.25) is 0 Å². The fraction of sp³-hybridized carbons (Fsp3) is 0.217. The van der Waals surface area contributed by atoms with E-state index in [4.69, 9.17) is 9.47 Å². The lowest BCUT2D eigenvalue weighted by molar-refractivity contribution is 0.404.